The first-order valence-corrected chi connectivity index (χ1v) is 16.0. The van der Waals surface area contributed by atoms with Gasteiger partial charge in [0.05, 0.1) is 10.6 Å². The lowest BCUT2D eigenvalue weighted by molar-refractivity contribution is 0.262. The maximum atomic E-state index is 12.9. The minimum absolute atomic E-state index is 0.0581. The zero-order valence-corrected chi connectivity index (χ0v) is 24.6. The van der Waals surface area contributed by atoms with Crippen LogP contribution in [0.15, 0.2) is 70.5 Å². The number of aromatic amines is 1. The third kappa shape index (κ3) is 7.33. The number of H-pyrrole nitrogens is 1. The molecule has 224 valence electrons. The van der Waals surface area contributed by atoms with Crippen molar-refractivity contribution in [3.63, 3.8) is 0 Å². The molecule has 4 aromatic rings. The summed E-state index contributed by atoms with van der Waals surface area (Å²) in [5, 5.41) is 4.01. The highest BCUT2D eigenvalue weighted by Crippen LogP contribution is 2.25. The maximum Gasteiger partial charge on any atom is 0.354 e. The van der Waals surface area contributed by atoms with Crippen LogP contribution in [0.4, 0.5) is 0 Å². The lowest BCUT2D eigenvalue weighted by Crippen LogP contribution is -2.42. The molecule has 2 aromatic carbocycles. The van der Waals surface area contributed by atoms with Crippen LogP contribution < -0.4 is 27.2 Å². The first-order chi connectivity index (χ1) is 20.4. The zero-order chi connectivity index (χ0) is 29.5. The normalized spacial score (nSPS) is 14.6. The molecule has 0 saturated carbocycles. The Labute approximate surface area is 246 Å². The van der Waals surface area contributed by atoms with Crippen LogP contribution in [0.25, 0.3) is 28.0 Å². The lowest BCUT2D eigenvalue weighted by Gasteiger charge is -2.23. The Morgan fingerprint density at radius 1 is 0.976 bits per heavy atom. The summed E-state index contributed by atoms with van der Waals surface area (Å²) in [7, 11) is -3.60. The largest absolute Gasteiger partial charge is 0.354 e. The molecule has 11 nitrogen and oxygen atoms in total. The van der Waals surface area contributed by atoms with Crippen molar-refractivity contribution in [2.45, 2.75) is 43.2 Å². The monoisotopic (exact) mass is 592 g/mol. The summed E-state index contributed by atoms with van der Waals surface area (Å²) in [6.07, 6.45) is 5.18. The molecule has 7 N–H and O–H groups in total. The zero-order valence-electron chi connectivity index (χ0n) is 23.8. The number of rotatable bonds is 13. The van der Waals surface area contributed by atoms with Gasteiger partial charge in [-0.3, -0.25) is 9.47 Å². The van der Waals surface area contributed by atoms with Crippen LogP contribution in [0.3, 0.4) is 0 Å². The smallest absolute Gasteiger partial charge is 0.339 e. The van der Waals surface area contributed by atoms with Crippen molar-refractivity contribution in [2.75, 3.05) is 39.3 Å². The van der Waals surface area contributed by atoms with Gasteiger partial charge in [-0.05, 0) is 106 Å². The Kier molecular flexibility index (Phi) is 9.83. The van der Waals surface area contributed by atoms with Crippen molar-refractivity contribution < 1.29 is 8.42 Å². The molecule has 1 aliphatic rings. The standard InChI is InChI=1S/C30H40N8O3S/c31-13-1-17-37(18-2-14-32)20-22-3-7-26(8-4-22)38-21-24-19-28(34-29(24)35-30(38)39)23-5-9-27(10-6-23)42(40,41)36-25-11-15-33-16-12-25/h3-10,19,21,25,33,36H,1-2,11-18,20,31-32H2,(H,34,35,39). The van der Waals surface area contributed by atoms with E-state index in [1.807, 2.05) is 30.3 Å². The van der Waals surface area contributed by atoms with Gasteiger partial charge in [0, 0.05) is 29.9 Å². The van der Waals surface area contributed by atoms with E-state index in [0.29, 0.717) is 18.7 Å². The van der Waals surface area contributed by atoms with Gasteiger partial charge in [0.1, 0.15) is 5.65 Å². The predicted octanol–water partition coefficient (Wildman–Crippen LogP) is 1.91. The van der Waals surface area contributed by atoms with E-state index < -0.39 is 10.0 Å². The second-order valence-electron chi connectivity index (χ2n) is 10.8. The molecule has 3 heterocycles. The van der Waals surface area contributed by atoms with Gasteiger partial charge >= 0.3 is 5.69 Å². The van der Waals surface area contributed by atoms with Crippen molar-refractivity contribution in [3.05, 3.63) is 76.8 Å². The molecule has 2 aromatic heterocycles. The number of nitrogens with zero attached hydrogens (tertiary/aromatic N) is 3. The molecule has 0 amide bonds. The van der Waals surface area contributed by atoms with E-state index in [2.05, 4.69) is 24.9 Å². The van der Waals surface area contributed by atoms with Gasteiger partial charge in [0.2, 0.25) is 10.0 Å². The van der Waals surface area contributed by atoms with Gasteiger partial charge in [-0.2, -0.15) is 4.98 Å². The SMILES string of the molecule is NCCCN(CCCN)Cc1ccc(-n2cc3cc(-c4ccc(S(=O)(=O)NC5CCNCC5)cc4)[nH]c3nc2=O)cc1. The Morgan fingerprint density at radius 3 is 2.29 bits per heavy atom. The highest BCUT2D eigenvalue weighted by molar-refractivity contribution is 7.89. The van der Waals surface area contributed by atoms with Crippen LogP contribution >= 0.6 is 0 Å². The van der Waals surface area contributed by atoms with Crippen LogP contribution in [0, 0.1) is 0 Å². The first kappa shape index (κ1) is 30.1. The van der Waals surface area contributed by atoms with Gasteiger partial charge in [0.15, 0.2) is 0 Å². The second-order valence-corrected chi connectivity index (χ2v) is 12.5. The van der Waals surface area contributed by atoms with E-state index >= 15 is 0 Å². The van der Waals surface area contributed by atoms with Crippen LogP contribution in [0.5, 0.6) is 0 Å². The fourth-order valence-corrected chi connectivity index (χ4v) is 6.60. The summed E-state index contributed by atoms with van der Waals surface area (Å²) < 4.78 is 30.1. The van der Waals surface area contributed by atoms with Crippen LogP contribution in [-0.2, 0) is 16.6 Å². The van der Waals surface area contributed by atoms with E-state index in [1.54, 1.807) is 30.5 Å². The number of hydrogen-bond donors (Lipinski definition) is 5. The highest BCUT2D eigenvalue weighted by Gasteiger charge is 2.22. The van der Waals surface area contributed by atoms with Crippen LogP contribution in [0.2, 0.25) is 0 Å². The minimum Gasteiger partial charge on any atom is -0.339 e. The molecular formula is C30H40N8O3S. The quantitative estimate of drug-likeness (QED) is 0.157. The average molecular weight is 593 g/mol. The van der Waals surface area contributed by atoms with Crippen molar-refractivity contribution in [1.29, 1.82) is 0 Å². The minimum atomic E-state index is -3.60. The molecule has 5 rings (SSSR count). The summed E-state index contributed by atoms with van der Waals surface area (Å²) in [6, 6.07) is 16.5. The van der Waals surface area contributed by atoms with E-state index in [9.17, 15) is 13.2 Å². The number of benzene rings is 2. The third-order valence-electron chi connectivity index (χ3n) is 7.62. The molecule has 0 bridgehead atoms. The summed E-state index contributed by atoms with van der Waals surface area (Å²) in [5.74, 6) is 0. The first-order valence-electron chi connectivity index (χ1n) is 14.5. The highest BCUT2D eigenvalue weighted by atomic mass is 32.2. The molecule has 12 heteroatoms. The molecule has 0 atom stereocenters. The summed E-state index contributed by atoms with van der Waals surface area (Å²) >= 11 is 0. The number of fused-ring (bicyclic) bond motifs is 1. The van der Waals surface area contributed by atoms with Crippen molar-refractivity contribution in [3.8, 4) is 16.9 Å². The predicted molar refractivity (Wildman–Crippen MR) is 166 cm³/mol. The Hall–Kier alpha value is -3.39. The number of sulfonamides is 1. The number of piperidine rings is 1. The molecule has 0 spiro atoms. The van der Waals surface area contributed by atoms with Crippen molar-refractivity contribution >= 4 is 21.1 Å². The van der Waals surface area contributed by atoms with Crippen LogP contribution in [0.1, 0.15) is 31.2 Å². The van der Waals surface area contributed by atoms with E-state index in [0.717, 1.165) is 86.3 Å². The molecule has 0 radical (unpaired) electrons. The number of nitrogens with two attached hydrogens (primary N) is 2. The van der Waals surface area contributed by atoms with Crippen molar-refractivity contribution in [1.82, 2.24) is 29.5 Å². The Morgan fingerprint density at radius 2 is 1.64 bits per heavy atom. The molecule has 1 saturated heterocycles. The van der Waals surface area contributed by atoms with Gasteiger partial charge in [-0.25, -0.2) is 17.9 Å². The number of hydrogen-bond acceptors (Lipinski definition) is 8. The Balaban J connectivity index is 1.31. The van der Waals surface area contributed by atoms with Gasteiger partial charge in [0.25, 0.3) is 0 Å². The number of aromatic nitrogens is 3. The van der Waals surface area contributed by atoms with Crippen molar-refractivity contribution in [2.24, 2.45) is 11.5 Å². The summed E-state index contributed by atoms with van der Waals surface area (Å²) in [4.78, 5) is 23.0. The molecule has 0 aliphatic carbocycles. The molecule has 1 aliphatic heterocycles. The maximum absolute atomic E-state index is 12.9. The molecular weight excluding hydrogens is 552 g/mol. The molecule has 0 unspecified atom stereocenters. The molecule has 1 fully saturated rings. The summed E-state index contributed by atoms with van der Waals surface area (Å²) in [6.45, 7) is 5.55. The fourth-order valence-electron chi connectivity index (χ4n) is 5.30. The van der Waals surface area contributed by atoms with Gasteiger partial charge < -0.3 is 21.8 Å². The van der Waals surface area contributed by atoms with Gasteiger partial charge in [-0.15, -0.1) is 0 Å². The Bertz CT molecular complexity index is 1620. The van der Waals surface area contributed by atoms with E-state index in [1.165, 1.54) is 4.57 Å². The van der Waals surface area contributed by atoms with E-state index in [4.69, 9.17) is 11.5 Å². The average Bonchev–Trinajstić information content (AvgIpc) is 3.41. The second kappa shape index (κ2) is 13.7. The number of nitrogens with one attached hydrogen (secondary N) is 3. The lowest BCUT2D eigenvalue weighted by atomic mass is 10.1. The van der Waals surface area contributed by atoms with Crippen LogP contribution in [-0.4, -0.2) is 73.2 Å². The molecule has 42 heavy (non-hydrogen) atoms. The fraction of sp³-hybridized carbons (Fsp3) is 0.400. The van der Waals surface area contributed by atoms with Gasteiger partial charge in [-0.1, -0.05) is 24.3 Å². The van der Waals surface area contributed by atoms with E-state index in [-0.39, 0.29) is 16.6 Å². The summed E-state index contributed by atoms with van der Waals surface area (Å²) in [5.41, 5.74) is 14.9. The topological polar surface area (TPSA) is 164 Å². The third-order valence-corrected chi connectivity index (χ3v) is 9.16.